The summed E-state index contributed by atoms with van der Waals surface area (Å²) in [5.74, 6) is 1.49. The molecular formula is C21H26N4O4. The number of amides is 2. The summed E-state index contributed by atoms with van der Waals surface area (Å²) < 4.78 is 0. The fourth-order valence-corrected chi connectivity index (χ4v) is 3.80. The van der Waals surface area contributed by atoms with Crippen LogP contribution in [0.2, 0.25) is 0 Å². The van der Waals surface area contributed by atoms with Crippen molar-refractivity contribution in [3.63, 3.8) is 0 Å². The first-order chi connectivity index (χ1) is 14.0. The number of aromatic nitrogens is 1. The minimum atomic E-state index is -1.09. The molecule has 2 aliphatic heterocycles. The molecule has 1 fully saturated rings. The number of aliphatic carboxylic acids is 1. The van der Waals surface area contributed by atoms with E-state index >= 15 is 0 Å². The second kappa shape index (κ2) is 9.41. The van der Waals surface area contributed by atoms with Crippen LogP contribution in [0.1, 0.15) is 36.9 Å². The van der Waals surface area contributed by atoms with Crippen LogP contribution in [0.3, 0.4) is 0 Å². The van der Waals surface area contributed by atoms with Gasteiger partial charge in [-0.3, -0.25) is 14.4 Å². The molecule has 0 saturated carbocycles. The Morgan fingerprint density at radius 1 is 1.45 bits per heavy atom. The normalized spacial score (nSPS) is 19.1. The van der Waals surface area contributed by atoms with Gasteiger partial charge in [-0.2, -0.15) is 0 Å². The van der Waals surface area contributed by atoms with Crippen molar-refractivity contribution in [3.8, 4) is 12.3 Å². The van der Waals surface area contributed by atoms with Crippen molar-refractivity contribution in [2.75, 3.05) is 25.0 Å². The summed E-state index contributed by atoms with van der Waals surface area (Å²) in [5, 5.41) is 14.6. The van der Waals surface area contributed by atoms with Crippen LogP contribution in [0.25, 0.3) is 0 Å². The van der Waals surface area contributed by atoms with E-state index in [0.717, 1.165) is 30.9 Å². The third-order valence-electron chi connectivity index (χ3n) is 5.36. The number of carbonyl (C=O) groups is 3. The number of anilines is 1. The lowest BCUT2D eigenvalue weighted by Crippen LogP contribution is -2.43. The van der Waals surface area contributed by atoms with Crippen molar-refractivity contribution in [1.29, 1.82) is 0 Å². The molecule has 3 N–H and O–H groups in total. The number of nitrogens with one attached hydrogen (secondary N) is 2. The number of nitrogens with zero attached hydrogens (tertiary/aromatic N) is 2. The number of likely N-dealkylation sites (tertiary alicyclic amines) is 1. The van der Waals surface area contributed by atoms with Gasteiger partial charge in [0.2, 0.25) is 11.8 Å². The van der Waals surface area contributed by atoms with E-state index in [2.05, 4.69) is 27.6 Å². The zero-order chi connectivity index (χ0) is 20.8. The summed E-state index contributed by atoms with van der Waals surface area (Å²) in [6.45, 7) is 1.35. The van der Waals surface area contributed by atoms with Crippen LogP contribution in [0.5, 0.6) is 0 Å². The number of hydrogen-bond donors (Lipinski definition) is 3. The maximum absolute atomic E-state index is 12.6. The van der Waals surface area contributed by atoms with Gasteiger partial charge in [-0.15, -0.1) is 6.42 Å². The quantitative estimate of drug-likeness (QED) is 0.559. The smallest absolute Gasteiger partial charge is 0.306 e. The maximum atomic E-state index is 12.6. The molecule has 0 unspecified atom stereocenters. The Labute approximate surface area is 170 Å². The highest BCUT2D eigenvalue weighted by Crippen LogP contribution is 2.24. The zero-order valence-corrected chi connectivity index (χ0v) is 16.3. The van der Waals surface area contributed by atoms with Crippen molar-refractivity contribution >= 4 is 23.6 Å². The molecule has 3 heterocycles. The lowest BCUT2D eigenvalue weighted by molar-refractivity contribution is -0.138. The number of hydrogen-bond acceptors (Lipinski definition) is 5. The SMILES string of the molecule is C#C[C@H](CC(=O)O)NC(=O)CN1CC[C@H](CCc2ccc3c(n2)NCCC3)C1=O. The van der Waals surface area contributed by atoms with Crippen molar-refractivity contribution in [2.45, 2.75) is 44.6 Å². The van der Waals surface area contributed by atoms with Crippen LogP contribution in [0.15, 0.2) is 12.1 Å². The Balaban J connectivity index is 1.48. The molecule has 1 aromatic heterocycles. The standard InChI is InChI=1S/C21H26N4O4/c1-2-16(12-19(27)28)23-18(26)13-25-11-9-15(21(25)29)6-8-17-7-5-14-4-3-10-22-20(14)24-17/h1,5,7,15-16H,3-4,6,8-13H2,(H,22,24)(H,23,26)(H,27,28)/t15-,16+/m0/s1. The van der Waals surface area contributed by atoms with Crippen LogP contribution in [-0.2, 0) is 27.2 Å². The summed E-state index contributed by atoms with van der Waals surface area (Å²) in [5.41, 5.74) is 2.20. The first kappa shape index (κ1) is 20.6. The number of rotatable bonds is 8. The molecular weight excluding hydrogens is 372 g/mol. The van der Waals surface area contributed by atoms with Gasteiger partial charge in [0.05, 0.1) is 13.0 Å². The summed E-state index contributed by atoms with van der Waals surface area (Å²) >= 11 is 0. The average molecular weight is 398 g/mol. The van der Waals surface area contributed by atoms with Crippen LogP contribution < -0.4 is 10.6 Å². The van der Waals surface area contributed by atoms with E-state index in [4.69, 9.17) is 11.5 Å². The molecule has 1 saturated heterocycles. The molecule has 0 aliphatic carbocycles. The zero-order valence-electron chi connectivity index (χ0n) is 16.3. The third kappa shape index (κ3) is 5.47. The van der Waals surface area contributed by atoms with Crippen LogP contribution >= 0.6 is 0 Å². The first-order valence-electron chi connectivity index (χ1n) is 9.95. The Bertz CT molecular complexity index is 832. The molecule has 2 aliphatic rings. The molecule has 3 rings (SSSR count). The maximum Gasteiger partial charge on any atom is 0.306 e. The monoisotopic (exact) mass is 398 g/mol. The first-order valence-corrected chi connectivity index (χ1v) is 9.95. The largest absolute Gasteiger partial charge is 0.481 e. The number of aryl methyl sites for hydroxylation is 2. The summed E-state index contributed by atoms with van der Waals surface area (Å²) in [6, 6.07) is 3.26. The topological polar surface area (TPSA) is 112 Å². The van der Waals surface area contributed by atoms with Gasteiger partial charge in [0, 0.05) is 24.7 Å². The van der Waals surface area contributed by atoms with E-state index in [1.165, 1.54) is 10.5 Å². The lowest BCUT2D eigenvalue weighted by Gasteiger charge is -2.19. The van der Waals surface area contributed by atoms with E-state index in [1.54, 1.807) is 0 Å². The number of carbonyl (C=O) groups excluding carboxylic acids is 2. The van der Waals surface area contributed by atoms with Crippen LogP contribution in [-0.4, -0.2) is 58.5 Å². The van der Waals surface area contributed by atoms with Crippen molar-refractivity contribution < 1.29 is 19.5 Å². The number of pyridine rings is 1. The highest BCUT2D eigenvalue weighted by atomic mass is 16.4. The summed E-state index contributed by atoms with van der Waals surface area (Å²) in [4.78, 5) is 41.6. The molecule has 8 heteroatoms. The number of terminal acetylenes is 1. The van der Waals surface area contributed by atoms with E-state index in [1.807, 2.05) is 6.07 Å². The van der Waals surface area contributed by atoms with Gasteiger partial charge in [0.25, 0.3) is 0 Å². The lowest BCUT2D eigenvalue weighted by atomic mass is 9.99. The van der Waals surface area contributed by atoms with Crippen LogP contribution in [0, 0.1) is 18.3 Å². The molecule has 2 amide bonds. The summed E-state index contributed by atoms with van der Waals surface area (Å²) in [7, 11) is 0. The Hall–Kier alpha value is -3.08. The number of carboxylic acid groups (broad SMARTS) is 1. The molecule has 1 aromatic rings. The molecule has 8 nitrogen and oxygen atoms in total. The van der Waals surface area contributed by atoms with Gasteiger partial charge in [-0.05, 0) is 43.7 Å². The third-order valence-corrected chi connectivity index (χ3v) is 5.36. The number of carboxylic acids is 1. The van der Waals surface area contributed by atoms with Crippen LogP contribution in [0.4, 0.5) is 5.82 Å². The van der Waals surface area contributed by atoms with Gasteiger partial charge < -0.3 is 20.6 Å². The van der Waals surface area contributed by atoms with Crippen molar-refractivity contribution in [3.05, 3.63) is 23.4 Å². The predicted molar refractivity (Wildman–Crippen MR) is 107 cm³/mol. The molecule has 0 bridgehead atoms. The molecule has 2 atom stereocenters. The Kier molecular flexibility index (Phi) is 6.70. The Morgan fingerprint density at radius 2 is 2.28 bits per heavy atom. The van der Waals surface area contributed by atoms with Gasteiger partial charge in [-0.25, -0.2) is 4.98 Å². The fraction of sp³-hybridized carbons (Fsp3) is 0.524. The minimum absolute atomic E-state index is 0.0493. The minimum Gasteiger partial charge on any atom is -0.481 e. The van der Waals surface area contributed by atoms with E-state index in [-0.39, 0.29) is 24.8 Å². The van der Waals surface area contributed by atoms with Gasteiger partial charge in [0.1, 0.15) is 11.9 Å². The van der Waals surface area contributed by atoms with Gasteiger partial charge >= 0.3 is 5.97 Å². The van der Waals surface area contributed by atoms with E-state index < -0.39 is 17.9 Å². The van der Waals surface area contributed by atoms with Gasteiger partial charge in [0.15, 0.2) is 0 Å². The number of fused-ring (bicyclic) bond motifs is 1. The fourth-order valence-electron chi connectivity index (χ4n) is 3.80. The van der Waals surface area contributed by atoms with Crippen molar-refractivity contribution in [2.24, 2.45) is 5.92 Å². The molecule has 0 aromatic carbocycles. The summed E-state index contributed by atoms with van der Waals surface area (Å²) in [6.07, 6.45) is 9.16. The molecule has 0 spiro atoms. The second-order valence-corrected chi connectivity index (χ2v) is 7.51. The molecule has 154 valence electrons. The Morgan fingerprint density at radius 3 is 3.03 bits per heavy atom. The van der Waals surface area contributed by atoms with E-state index in [9.17, 15) is 14.4 Å². The average Bonchev–Trinajstić information content (AvgIpc) is 3.04. The second-order valence-electron chi connectivity index (χ2n) is 7.51. The highest BCUT2D eigenvalue weighted by Gasteiger charge is 2.32. The highest BCUT2D eigenvalue weighted by molar-refractivity contribution is 5.87. The molecule has 0 radical (unpaired) electrons. The van der Waals surface area contributed by atoms with Crippen molar-refractivity contribution in [1.82, 2.24) is 15.2 Å². The van der Waals surface area contributed by atoms with E-state index in [0.29, 0.717) is 25.8 Å². The van der Waals surface area contributed by atoms with Gasteiger partial charge in [-0.1, -0.05) is 12.0 Å². The predicted octanol–water partition coefficient (Wildman–Crippen LogP) is 0.813. The molecule has 29 heavy (non-hydrogen) atoms.